The number of halogens is 1. The third-order valence-corrected chi connectivity index (χ3v) is 6.29. The molecule has 176 valence electrons. The number of carbonyl (C=O) groups is 2. The van der Waals surface area contributed by atoms with Crippen molar-refractivity contribution in [2.45, 2.75) is 12.5 Å². The van der Waals surface area contributed by atoms with E-state index in [0.29, 0.717) is 35.2 Å². The Balaban J connectivity index is 1.62. The number of hydrogen-bond donors (Lipinski definition) is 1. The van der Waals surface area contributed by atoms with Crippen LogP contribution in [0.1, 0.15) is 27.5 Å². The van der Waals surface area contributed by atoms with Crippen molar-refractivity contribution in [3.8, 4) is 11.5 Å². The third-order valence-electron chi connectivity index (χ3n) is 6.04. The first-order valence-corrected chi connectivity index (χ1v) is 11.3. The molecule has 2 heterocycles. The topological polar surface area (TPSA) is 80.8 Å². The molecule has 4 rings (SSSR count). The highest BCUT2D eigenvalue weighted by atomic mass is 35.5. The van der Waals surface area contributed by atoms with Crippen molar-refractivity contribution in [3.63, 3.8) is 0 Å². The van der Waals surface area contributed by atoms with Crippen LogP contribution in [0.3, 0.4) is 0 Å². The fraction of sp³-hybridized carbons (Fsp3) is 0.269. The van der Waals surface area contributed by atoms with Crippen LogP contribution in [-0.2, 0) is 11.3 Å². The van der Waals surface area contributed by atoms with E-state index in [-0.39, 0.29) is 24.3 Å². The van der Waals surface area contributed by atoms with Gasteiger partial charge < -0.3 is 19.7 Å². The molecule has 2 amide bonds. The van der Waals surface area contributed by atoms with Crippen LogP contribution >= 0.6 is 11.6 Å². The van der Waals surface area contributed by atoms with E-state index in [2.05, 4.69) is 10.3 Å². The number of methoxy groups -OCH3 is 2. The molecule has 2 atom stereocenters. The standard InChI is InChI=1S/C26H26ClN3O4/c1-33-20-10-11-24(34-2)21(13-20)22-15-30(26(32)17-6-8-18(27)9-7-17)16-23(22)25(31)29-14-19-5-3-4-12-28-19/h3-13,22-23H,14-16H2,1-2H3,(H,29,31)/t22-,23+/m0/s1. The van der Waals surface area contributed by atoms with Crippen molar-refractivity contribution < 1.29 is 19.1 Å². The Morgan fingerprint density at radius 3 is 2.53 bits per heavy atom. The van der Waals surface area contributed by atoms with E-state index >= 15 is 0 Å². The number of pyridine rings is 1. The molecule has 1 N–H and O–H groups in total. The lowest BCUT2D eigenvalue weighted by molar-refractivity contribution is -0.125. The Morgan fingerprint density at radius 1 is 1.06 bits per heavy atom. The van der Waals surface area contributed by atoms with Crippen LogP contribution in [0, 0.1) is 5.92 Å². The molecule has 8 heteroatoms. The second-order valence-electron chi connectivity index (χ2n) is 8.08. The van der Waals surface area contributed by atoms with Gasteiger partial charge in [-0.15, -0.1) is 0 Å². The van der Waals surface area contributed by atoms with Gasteiger partial charge >= 0.3 is 0 Å². The van der Waals surface area contributed by atoms with Gasteiger partial charge in [0.25, 0.3) is 5.91 Å². The first kappa shape index (κ1) is 23.6. The highest BCUT2D eigenvalue weighted by Crippen LogP contribution is 2.40. The van der Waals surface area contributed by atoms with E-state index in [9.17, 15) is 9.59 Å². The summed E-state index contributed by atoms with van der Waals surface area (Å²) in [5.41, 5.74) is 2.11. The largest absolute Gasteiger partial charge is 0.497 e. The van der Waals surface area contributed by atoms with Gasteiger partial charge in [0.1, 0.15) is 11.5 Å². The number of nitrogens with one attached hydrogen (secondary N) is 1. The van der Waals surface area contributed by atoms with Gasteiger partial charge in [0.2, 0.25) is 5.91 Å². The maximum absolute atomic E-state index is 13.3. The summed E-state index contributed by atoms with van der Waals surface area (Å²) in [7, 11) is 3.18. The summed E-state index contributed by atoms with van der Waals surface area (Å²) in [6.07, 6.45) is 1.69. The molecule has 2 aromatic carbocycles. The molecule has 1 aliphatic heterocycles. The van der Waals surface area contributed by atoms with E-state index in [1.807, 2.05) is 36.4 Å². The molecular weight excluding hydrogens is 454 g/mol. The maximum atomic E-state index is 13.3. The predicted molar refractivity (Wildman–Crippen MR) is 129 cm³/mol. The smallest absolute Gasteiger partial charge is 0.253 e. The van der Waals surface area contributed by atoms with Crippen LogP contribution in [0.5, 0.6) is 11.5 Å². The number of rotatable bonds is 7. The minimum atomic E-state index is -0.471. The number of benzene rings is 2. The van der Waals surface area contributed by atoms with Gasteiger partial charge in [0, 0.05) is 41.4 Å². The van der Waals surface area contributed by atoms with E-state index < -0.39 is 5.92 Å². The molecule has 34 heavy (non-hydrogen) atoms. The molecule has 3 aromatic rings. The average molecular weight is 480 g/mol. The van der Waals surface area contributed by atoms with Crippen molar-refractivity contribution in [1.82, 2.24) is 15.2 Å². The second-order valence-corrected chi connectivity index (χ2v) is 8.51. The van der Waals surface area contributed by atoms with Crippen molar-refractivity contribution in [3.05, 3.63) is 88.7 Å². The van der Waals surface area contributed by atoms with E-state index in [1.165, 1.54) is 0 Å². The molecule has 0 aliphatic carbocycles. The number of nitrogens with zero attached hydrogens (tertiary/aromatic N) is 2. The Hall–Kier alpha value is -3.58. The van der Waals surface area contributed by atoms with Crippen LogP contribution < -0.4 is 14.8 Å². The Labute approximate surface area is 203 Å². The molecule has 0 unspecified atom stereocenters. The molecule has 0 saturated carbocycles. The van der Waals surface area contributed by atoms with Crippen LogP contribution in [0.2, 0.25) is 5.02 Å². The first-order valence-electron chi connectivity index (χ1n) is 10.9. The van der Waals surface area contributed by atoms with Crippen molar-refractivity contribution in [1.29, 1.82) is 0 Å². The number of carbonyl (C=O) groups excluding carboxylic acids is 2. The maximum Gasteiger partial charge on any atom is 0.253 e. The van der Waals surface area contributed by atoms with Crippen LogP contribution in [0.25, 0.3) is 0 Å². The summed E-state index contributed by atoms with van der Waals surface area (Å²) in [5, 5.41) is 3.54. The molecular formula is C26H26ClN3O4. The fourth-order valence-corrected chi connectivity index (χ4v) is 4.39. The molecule has 0 spiro atoms. The number of amides is 2. The fourth-order valence-electron chi connectivity index (χ4n) is 4.27. The molecule has 1 saturated heterocycles. The molecule has 7 nitrogen and oxygen atoms in total. The van der Waals surface area contributed by atoms with Crippen molar-refractivity contribution in [2.24, 2.45) is 5.92 Å². The van der Waals surface area contributed by atoms with E-state index in [1.54, 1.807) is 49.6 Å². The SMILES string of the molecule is COc1ccc(OC)c([C@@H]2CN(C(=O)c3ccc(Cl)cc3)C[C@H]2C(=O)NCc2ccccn2)c1. The van der Waals surface area contributed by atoms with Gasteiger partial charge in [-0.25, -0.2) is 0 Å². The number of ether oxygens (including phenoxy) is 2. The lowest BCUT2D eigenvalue weighted by Gasteiger charge is -2.21. The van der Waals surface area contributed by atoms with Gasteiger partial charge in [-0.1, -0.05) is 17.7 Å². The zero-order valence-corrected chi connectivity index (χ0v) is 19.8. The van der Waals surface area contributed by atoms with Crippen molar-refractivity contribution >= 4 is 23.4 Å². The van der Waals surface area contributed by atoms with E-state index in [4.69, 9.17) is 21.1 Å². The lowest BCUT2D eigenvalue weighted by Crippen LogP contribution is -2.35. The zero-order valence-electron chi connectivity index (χ0n) is 19.0. The van der Waals surface area contributed by atoms with Gasteiger partial charge in [-0.05, 0) is 54.6 Å². The summed E-state index contributed by atoms with van der Waals surface area (Å²) in [4.78, 5) is 32.6. The zero-order chi connectivity index (χ0) is 24.1. The van der Waals surface area contributed by atoms with Crippen LogP contribution in [-0.4, -0.2) is 49.0 Å². The minimum Gasteiger partial charge on any atom is -0.497 e. The van der Waals surface area contributed by atoms with Gasteiger partial charge in [0.05, 0.1) is 32.4 Å². The second kappa shape index (κ2) is 10.6. The highest BCUT2D eigenvalue weighted by molar-refractivity contribution is 6.30. The molecule has 0 bridgehead atoms. The van der Waals surface area contributed by atoms with E-state index in [0.717, 1.165) is 11.3 Å². The summed E-state index contributed by atoms with van der Waals surface area (Å²) < 4.78 is 11.0. The molecule has 1 aliphatic rings. The monoisotopic (exact) mass is 479 g/mol. The van der Waals surface area contributed by atoms with Gasteiger partial charge in [-0.2, -0.15) is 0 Å². The Bertz CT molecular complexity index is 1150. The Kier molecular flexibility index (Phi) is 7.33. The van der Waals surface area contributed by atoms with Crippen LogP contribution in [0.15, 0.2) is 66.9 Å². The predicted octanol–water partition coefficient (Wildman–Crippen LogP) is 3.92. The van der Waals surface area contributed by atoms with Crippen LogP contribution in [0.4, 0.5) is 0 Å². The summed E-state index contributed by atoms with van der Waals surface area (Å²) >= 11 is 5.98. The third kappa shape index (κ3) is 5.15. The summed E-state index contributed by atoms with van der Waals surface area (Å²) in [6.45, 7) is 0.955. The molecule has 1 aromatic heterocycles. The highest BCUT2D eigenvalue weighted by Gasteiger charge is 2.42. The molecule has 1 fully saturated rings. The van der Waals surface area contributed by atoms with Gasteiger partial charge in [-0.3, -0.25) is 14.6 Å². The quantitative estimate of drug-likeness (QED) is 0.555. The lowest BCUT2D eigenvalue weighted by atomic mass is 9.87. The summed E-state index contributed by atoms with van der Waals surface area (Å²) in [6, 6.07) is 17.8. The van der Waals surface area contributed by atoms with Crippen molar-refractivity contribution in [2.75, 3.05) is 27.3 Å². The first-order chi connectivity index (χ1) is 16.5. The normalized spacial score (nSPS) is 17.3. The van der Waals surface area contributed by atoms with Gasteiger partial charge in [0.15, 0.2) is 0 Å². The summed E-state index contributed by atoms with van der Waals surface area (Å²) in [5.74, 6) is 0.265. The number of hydrogen-bond acceptors (Lipinski definition) is 5. The number of likely N-dealkylation sites (tertiary alicyclic amines) is 1. The average Bonchev–Trinajstić information content (AvgIpc) is 3.33. The number of aromatic nitrogens is 1. The Morgan fingerprint density at radius 2 is 1.85 bits per heavy atom. The molecule has 0 radical (unpaired) electrons. The minimum absolute atomic E-state index is 0.146.